The summed E-state index contributed by atoms with van der Waals surface area (Å²) in [6.45, 7) is 1.67. The van der Waals surface area contributed by atoms with Crippen LogP contribution in [-0.2, 0) is 9.59 Å². The number of Topliss-reactive ketones (excluding diaryl/α,β-unsaturated/α-hetero) is 1. The van der Waals surface area contributed by atoms with Gasteiger partial charge in [0, 0.05) is 30.0 Å². The molecule has 2 unspecified atom stereocenters. The Hall–Kier alpha value is -3.59. The second-order valence-electron chi connectivity index (χ2n) is 7.72. The first-order valence-electron chi connectivity index (χ1n) is 10.2. The van der Waals surface area contributed by atoms with Crippen molar-refractivity contribution >= 4 is 34.9 Å². The lowest BCUT2D eigenvalue weighted by molar-refractivity contribution is -0.129. The normalized spacial score (nSPS) is 21.2. The minimum atomic E-state index is -1.76. The molecule has 9 nitrogen and oxygen atoms in total. The summed E-state index contributed by atoms with van der Waals surface area (Å²) in [5.74, 6) is -0.932. The first-order valence-corrected chi connectivity index (χ1v) is 10.6. The topological polar surface area (TPSA) is 116 Å². The summed E-state index contributed by atoms with van der Waals surface area (Å²) >= 11 is 6.38. The van der Waals surface area contributed by atoms with E-state index in [1.54, 1.807) is 31.3 Å². The quantitative estimate of drug-likeness (QED) is 0.618. The molecule has 1 amide bonds. The highest BCUT2D eigenvalue weighted by Crippen LogP contribution is 2.52. The largest absolute Gasteiger partial charge is 0.496 e. The first kappa shape index (κ1) is 22.6. The van der Waals surface area contributed by atoms with E-state index in [9.17, 15) is 14.4 Å². The fourth-order valence-corrected chi connectivity index (χ4v) is 4.33. The molecule has 2 aliphatic rings. The molecule has 1 aromatic heterocycles. The maximum absolute atomic E-state index is 13.5. The number of anilines is 1. The monoisotopic (exact) mass is 471 g/mol. The van der Waals surface area contributed by atoms with Crippen molar-refractivity contribution in [2.24, 2.45) is 5.92 Å². The van der Waals surface area contributed by atoms with Gasteiger partial charge in [0.25, 0.3) is 0 Å². The summed E-state index contributed by atoms with van der Waals surface area (Å²) < 4.78 is 16.6. The molecular formula is C23H22ClN3O6. The van der Waals surface area contributed by atoms with Crippen molar-refractivity contribution in [2.75, 3.05) is 26.1 Å². The molecule has 4 rings (SSSR count). The smallest absolute Gasteiger partial charge is 0.244 e. The Bertz CT molecular complexity index is 1170. The Kier molecular flexibility index (Phi) is 5.99. The van der Waals surface area contributed by atoms with Crippen LogP contribution in [0.2, 0.25) is 5.02 Å². The average molecular weight is 472 g/mol. The van der Waals surface area contributed by atoms with E-state index in [0.717, 1.165) is 0 Å². The third kappa shape index (κ3) is 3.78. The molecule has 1 aliphatic heterocycles. The number of carbonyl (C=O) groups excluding carboxylic acids is 3. The number of hydrogen-bond donors (Lipinski definition) is 2. The van der Waals surface area contributed by atoms with Crippen molar-refractivity contribution in [3.05, 3.63) is 52.8 Å². The van der Waals surface area contributed by atoms with Crippen LogP contribution in [0.3, 0.4) is 0 Å². The van der Waals surface area contributed by atoms with Crippen LogP contribution in [0.15, 0.2) is 42.2 Å². The number of nitrogens with one attached hydrogen (secondary N) is 2. The van der Waals surface area contributed by atoms with Crippen molar-refractivity contribution in [2.45, 2.75) is 18.9 Å². The number of methoxy groups -OCH3 is 2. The number of aromatic nitrogens is 1. The number of fused-ring (bicyclic) bond motifs is 1. The predicted octanol–water partition coefficient (Wildman–Crippen LogP) is 2.79. The van der Waals surface area contributed by atoms with Crippen LogP contribution in [0.4, 0.5) is 5.82 Å². The molecule has 2 aromatic rings. The molecule has 1 aliphatic carbocycles. The van der Waals surface area contributed by atoms with E-state index in [0.29, 0.717) is 17.9 Å². The van der Waals surface area contributed by atoms with E-state index in [1.165, 1.54) is 26.4 Å². The third-order valence-electron chi connectivity index (χ3n) is 5.72. The lowest BCUT2D eigenvalue weighted by atomic mass is 9.74. The van der Waals surface area contributed by atoms with Crippen LogP contribution in [0, 0.1) is 5.92 Å². The fraction of sp³-hybridized carbons (Fsp3) is 0.304. The molecule has 0 radical (unpaired) electrons. The zero-order valence-electron chi connectivity index (χ0n) is 18.2. The zero-order valence-corrected chi connectivity index (χ0v) is 19.0. The summed E-state index contributed by atoms with van der Waals surface area (Å²) in [5.41, 5.74) is -1.12. The SMILES string of the molecule is COc1cc(OC)c2c(c1Cl)OC1(C(=O)C=C(NCC(=O)Nc3ccccn3)CC1C)C2=O. The van der Waals surface area contributed by atoms with E-state index in [2.05, 4.69) is 15.6 Å². The van der Waals surface area contributed by atoms with E-state index < -0.39 is 23.1 Å². The number of ether oxygens (including phenoxy) is 3. The van der Waals surface area contributed by atoms with Crippen LogP contribution in [0.25, 0.3) is 0 Å². The number of pyridine rings is 1. The van der Waals surface area contributed by atoms with Crippen LogP contribution >= 0.6 is 11.6 Å². The Balaban J connectivity index is 1.55. The molecule has 172 valence electrons. The van der Waals surface area contributed by atoms with Gasteiger partial charge < -0.3 is 24.8 Å². The lowest BCUT2D eigenvalue weighted by Gasteiger charge is -2.35. The number of benzene rings is 1. The van der Waals surface area contributed by atoms with Crippen molar-refractivity contribution in [1.82, 2.24) is 10.3 Å². The number of halogens is 1. The van der Waals surface area contributed by atoms with Crippen molar-refractivity contribution in [1.29, 1.82) is 0 Å². The predicted molar refractivity (Wildman–Crippen MR) is 120 cm³/mol. The van der Waals surface area contributed by atoms with Crippen LogP contribution in [0.5, 0.6) is 17.2 Å². The van der Waals surface area contributed by atoms with Crippen LogP contribution < -0.4 is 24.8 Å². The summed E-state index contributed by atoms with van der Waals surface area (Å²) in [5, 5.41) is 5.71. The number of amides is 1. The van der Waals surface area contributed by atoms with E-state index >= 15 is 0 Å². The van der Waals surface area contributed by atoms with Gasteiger partial charge in [-0.25, -0.2) is 4.98 Å². The molecule has 10 heteroatoms. The Morgan fingerprint density at radius 3 is 2.67 bits per heavy atom. The standard InChI is InChI=1S/C23H22ClN3O6/c1-12-8-13(26-11-18(29)27-17-6-4-5-7-25-17)9-16(28)23(12)22(30)19-14(31-2)10-15(32-3)20(24)21(19)33-23/h4-7,9-10,12,26H,8,11H2,1-3H3,(H,25,27,29). The van der Waals surface area contributed by atoms with Gasteiger partial charge in [-0.05, 0) is 18.6 Å². The molecule has 1 spiro atoms. The molecule has 0 fully saturated rings. The highest BCUT2D eigenvalue weighted by atomic mass is 35.5. The minimum Gasteiger partial charge on any atom is -0.496 e. The lowest BCUT2D eigenvalue weighted by Crippen LogP contribution is -2.55. The van der Waals surface area contributed by atoms with Crippen molar-refractivity contribution in [3.8, 4) is 17.2 Å². The molecule has 0 bridgehead atoms. The molecule has 33 heavy (non-hydrogen) atoms. The molecule has 0 saturated carbocycles. The van der Waals surface area contributed by atoms with E-state index in [1.807, 2.05) is 0 Å². The molecule has 2 heterocycles. The zero-order chi connectivity index (χ0) is 23.8. The van der Waals surface area contributed by atoms with Crippen LogP contribution in [0.1, 0.15) is 23.7 Å². The van der Waals surface area contributed by atoms with Gasteiger partial charge in [-0.1, -0.05) is 24.6 Å². The van der Waals surface area contributed by atoms with Gasteiger partial charge in [-0.2, -0.15) is 0 Å². The Morgan fingerprint density at radius 1 is 1.27 bits per heavy atom. The number of ketones is 2. The summed E-state index contributed by atoms with van der Waals surface area (Å²) in [4.78, 5) is 42.9. The van der Waals surface area contributed by atoms with E-state index in [-0.39, 0.29) is 40.3 Å². The highest BCUT2D eigenvalue weighted by Gasteiger charge is 2.60. The van der Waals surface area contributed by atoms with Crippen LogP contribution in [-0.4, -0.2) is 48.8 Å². The molecule has 0 saturated heterocycles. The van der Waals surface area contributed by atoms with Gasteiger partial charge >= 0.3 is 0 Å². The second-order valence-corrected chi connectivity index (χ2v) is 8.10. The van der Waals surface area contributed by atoms with Gasteiger partial charge in [0.2, 0.25) is 23.1 Å². The Morgan fingerprint density at radius 2 is 2.03 bits per heavy atom. The average Bonchev–Trinajstić information content (AvgIpc) is 3.12. The fourth-order valence-electron chi connectivity index (χ4n) is 4.07. The van der Waals surface area contributed by atoms with Crippen molar-refractivity contribution in [3.63, 3.8) is 0 Å². The van der Waals surface area contributed by atoms with Gasteiger partial charge in [0.15, 0.2) is 5.75 Å². The van der Waals surface area contributed by atoms with Gasteiger partial charge in [0.1, 0.15) is 27.9 Å². The number of nitrogens with zero attached hydrogens (tertiary/aromatic N) is 1. The van der Waals surface area contributed by atoms with Gasteiger partial charge in [-0.15, -0.1) is 0 Å². The molecule has 2 atom stereocenters. The first-order chi connectivity index (χ1) is 15.8. The molecule has 2 N–H and O–H groups in total. The minimum absolute atomic E-state index is 0.0672. The van der Waals surface area contributed by atoms with Gasteiger partial charge in [-0.3, -0.25) is 14.4 Å². The maximum Gasteiger partial charge on any atom is 0.244 e. The number of rotatable bonds is 6. The Labute approximate surface area is 195 Å². The molecular weight excluding hydrogens is 450 g/mol. The van der Waals surface area contributed by atoms with E-state index in [4.69, 9.17) is 25.8 Å². The summed E-state index contributed by atoms with van der Waals surface area (Å²) in [6.07, 6.45) is 3.18. The maximum atomic E-state index is 13.5. The number of carbonyl (C=O) groups is 3. The third-order valence-corrected chi connectivity index (χ3v) is 6.08. The second kappa shape index (κ2) is 8.74. The number of hydrogen-bond acceptors (Lipinski definition) is 8. The summed E-state index contributed by atoms with van der Waals surface area (Å²) in [6, 6.07) is 6.66. The number of allylic oxidation sites excluding steroid dienone is 1. The van der Waals surface area contributed by atoms with Gasteiger partial charge in [0.05, 0.1) is 20.8 Å². The molecule has 1 aromatic carbocycles. The van der Waals surface area contributed by atoms with Crippen molar-refractivity contribution < 1.29 is 28.6 Å². The summed E-state index contributed by atoms with van der Waals surface area (Å²) in [7, 11) is 2.84. The highest BCUT2D eigenvalue weighted by molar-refractivity contribution is 6.36.